The van der Waals surface area contributed by atoms with Gasteiger partial charge < -0.3 is 5.32 Å². The van der Waals surface area contributed by atoms with Crippen LogP contribution in [0, 0.1) is 18.2 Å². The number of alkyl halides is 2. The minimum absolute atomic E-state index is 0.159. The fourth-order valence-corrected chi connectivity index (χ4v) is 2.35. The zero-order chi connectivity index (χ0) is 12.8. The lowest BCUT2D eigenvalue weighted by Gasteiger charge is -2.13. The van der Waals surface area contributed by atoms with E-state index >= 15 is 0 Å². The van der Waals surface area contributed by atoms with Crippen LogP contribution in [-0.4, -0.2) is 10.2 Å². The predicted molar refractivity (Wildman–Crippen MR) is 66.9 cm³/mol. The molecule has 1 unspecified atom stereocenters. The molecule has 5 heteroatoms. The molecule has 1 atom stereocenters. The summed E-state index contributed by atoms with van der Waals surface area (Å²) < 4.78 is 12.4. The Labute approximate surface area is 109 Å². The molecule has 0 saturated heterocycles. The average molecular weight is 276 g/mol. The molecule has 1 fully saturated rings. The topological polar surface area (TPSA) is 29.1 Å². The SMILES string of the molecule is Cc1ccc(F)c(NC(=O)C2(C)CC2(Cl)Cl)c1. The van der Waals surface area contributed by atoms with Gasteiger partial charge in [-0.3, -0.25) is 4.79 Å². The van der Waals surface area contributed by atoms with E-state index in [9.17, 15) is 9.18 Å². The first-order valence-electron chi connectivity index (χ1n) is 5.22. The van der Waals surface area contributed by atoms with E-state index in [1.165, 1.54) is 6.07 Å². The van der Waals surface area contributed by atoms with Crippen LogP contribution >= 0.6 is 23.2 Å². The number of hydrogen-bond donors (Lipinski definition) is 1. The van der Waals surface area contributed by atoms with Crippen molar-refractivity contribution in [1.82, 2.24) is 0 Å². The summed E-state index contributed by atoms with van der Waals surface area (Å²) in [5.41, 5.74) is 0.185. The molecule has 0 radical (unpaired) electrons. The van der Waals surface area contributed by atoms with Crippen molar-refractivity contribution in [3.05, 3.63) is 29.6 Å². The molecule has 1 aromatic carbocycles. The van der Waals surface area contributed by atoms with Crippen molar-refractivity contribution in [3.8, 4) is 0 Å². The molecule has 2 nitrogen and oxygen atoms in total. The van der Waals surface area contributed by atoms with Gasteiger partial charge in [0.15, 0.2) is 0 Å². The quantitative estimate of drug-likeness (QED) is 0.821. The average Bonchev–Trinajstić information content (AvgIpc) is 2.74. The van der Waals surface area contributed by atoms with Crippen molar-refractivity contribution in [1.29, 1.82) is 0 Å². The normalized spacial score (nSPS) is 25.5. The highest BCUT2D eigenvalue weighted by atomic mass is 35.5. The first kappa shape index (κ1) is 12.7. The third kappa shape index (κ3) is 2.14. The van der Waals surface area contributed by atoms with E-state index in [0.717, 1.165) is 5.56 Å². The van der Waals surface area contributed by atoms with Gasteiger partial charge in [-0.15, -0.1) is 23.2 Å². The van der Waals surface area contributed by atoms with Gasteiger partial charge in [-0.05, 0) is 38.0 Å². The highest BCUT2D eigenvalue weighted by Gasteiger charge is 2.67. The molecule has 1 amide bonds. The molecule has 0 aromatic heterocycles. The fraction of sp³-hybridized carbons (Fsp3) is 0.417. The van der Waals surface area contributed by atoms with Gasteiger partial charge >= 0.3 is 0 Å². The maximum atomic E-state index is 13.5. The second-order valence-corrected chi connectivity index (χ2v) is 6.13. The number of carbonyl (C=O) groups is 1. The molecule has 1 aliphatic carbocycles. The Morgan fingerprint density at radius 3 is 2.59 bits per heavy atom. The largest absolute Gasteiger partial charge is 0.323 e. The third-order valence-corrected chi connectivity index (χ3v) is 4.23. The van der Waals surface area contributed by atoms with Crippen LogP contribution in [0.5, 0.6) is 0 Å². The second-order valence-electron chi connectivity index (χ2n) is 4.65. The summed E-state index contributed by atoms with van der Waals surface area (Å²) in [6, 6.07) is 4.52. The summed E-state index contributed by atoms with van der Waals surface area (Å²) in [6.07, 6.45) is 0.377. The Bertz CT molecular complexity index is 489. The van der Waals surface area contributed by atoms with Gasteiger partial charge in [0.1, 0.15) is 10.2 Å². The van der Waals surface area contributed by atoms with Gasteiger partial charge in [0, 0.05) is 0 Å². The van der Waals surface area contributed by atoms with Gasteiger partial charge in [0.2, 0.25) is 5.91 Å². The second kappa shape index (κ2) is 3.85. The summed E-state index contributed by atoms with van der Waals surface area (Å²) in [6.45, 7) is 3.48. The number of rotatable bonds is 2. The van der Waals surface area contributed by atoms with Crippen LogP contribution < -0.4 is 5.32 Å². The third-order valence-electron chi connectivity index (χ3n) is 3.13. The molecule has 0 spiro atoms. The van der Waals surface area contributed by atoms with Crippen LogP contribution in [0.25, 0.3) is 0 Å². The molecule has 1 N–H and O–H groups in total. The van der Waals surface area contributed by atoms with Gasteiger partial charge in [-0.25, -0.2) is 4.39 Å². The van der Waals surface area contributed by atoms with E-state index in [-0.39, 0.29) is 11.6 Å². The molecule has 92 valence electrons. The first-order valence-corrected chi connectivity index (χ1v) is 5.97. The maximum absolute atomic E-state index is 13.5. The summed E-state index contributed by atoms with van der Waals surface area (Å²) in [4.78, 5) is 11.9. The lowest BCUT2D eigenvalue weighted by molar-refractivity contribution is -0.120. The zero-order valence-electron chi connectivity index (χ0n) is 9.48. The van der Waals surface area contributed by atoms with E-state index in [0.29, 0.717) is 6.42 Å². The van der Waals surface area contributed by atoms with Gasteiger partial charge in [-0.1, -0.05) is 6.07 Å². The van der Waals surface area contributed by atoms with E-state index in [1.807, 2.05) is 6.92 Å². The van der Waals surface area contributed by atoms with Crippen LogP contribution in [0.3, 0.4) is 0 Å². The maximum Gasteiger partial charge on any atom is 0.233 e. The molecule has 1 aromatic rings. The van der Waals surface area contributed by atoms with E-state index < -0.39 is 15.6 Å². The minimum atomic E-state index is -1.04. The number of carbonyl (C=O) groups excluding carboxylic acids is 1. The predicted octanol–water partition coefficient (Wildman–Crippen LogP) is 3.66. The molecule has 2 rings (SSSR count). The molecular weight excluding hydrogens is 264 g/mol. The molecule has 1 aliphatic rings. The lowest BCUT2D eigenvalue weighted by Crippen LogP contribution is -2.26. The van der Waals surface area contributed by atoms with E-state index in [2.05, 4.69) is 5.32 Å². The van der Waals surface area contributed by atoms with Crippen molar-refractivity contribution in [2.24, 2.45) is 5.41 Å². The number of benzene rings is 1. The number of halogens is 3. The number of hydrogen-bond acceptors (Lipinski definition) is 1. The molecule has 17 heavy (non-hydrogen) atoms. The van der Waals surface area contributed by atoms with Gasteiger partial charge in [0.25, 0.3) is 0 Å². The summed E-state index contributed by atoms with van der Waals surface area (Å²) in [5.74, 6) is -0.824. The van der Waals surface area contributed by atoms with Crippen molar-refractivity contribution in [2.75, 3.05) is 5.32 Å². The van der Waals surface area contributed by atoms with Crippen molar-refractivity contribution < 1.29 is 9.18 Å². The minimum Gasteiger partial charge on any atom is -0.323 e. The highest BCUT2D eigenvalue weighted by molar-refractivity contribution is 6.53. The van der Waals surface area contributed by atoms with Crippen LogP contribution in [0.2, 0.25) is 0 Å². The smallest absolute Gasteiger partial charge is 0.233 e. The van der Waals surface area contributed by atoms with Crippen molar-refractivity contribution in [2.45, 2.75) is 24.6 Å². The standard InChI is InChI=1S/C12H12Cl2FNO/c1-7-3-4-8(15)9(5-7)16-10(17)11(2)6-12(11,13)14/h3-5H,6H2,1-2H3,(H,16,17). The van der Waals surface area contributed by atoms with Crippen LogP contribution in [0.1, 0.15) is 18.9 Å². The highest BCUT2D eigenvalue weighted by Crippen LogP contribution is 2.64. The summed E-state index contributed by atoms with van der Waals surface area (Å²) >= 11 is 11.8. The Morgan fingerprint density at radius 2 is 2.06 bits per heavy atom. The lowest BCUT2D eigenvalue weighted by atomic mass is 10.1. The van der Waals surface area contributed by atoms with Crippen LogP contribution in [-0.2, 0) is 4.79 Å². The molecule has 1 saturated carbocycles. The summed E-state index contributed by atoms with van der Waals surface area (Å²) in [7, 11) is 0. The van der Waals surface area contributed by atoms with Gasteiger partial charge in [0.05, 0.1) is 11.1 Å². The van der Waals surface area contributed by atoms with Gasteiger partial charge in [-0.2, -0.15) is 0 Å². The Kier molecular flexibility index (Phi) is 2.87. The van der Waals surface area contributed by atoms with Crippen molar-refractivity contribution in [3.63, 3.8) is 0 Å². The Hall–Kier alpha value is -0.800. The number of anilines is 1. The number of amides is 1. The monoisotopic (exact) mass is 275 g/mol. The summed E-state index contributed by atoms with van der Waals surface area (Å²) in [5, 5.41) is 2.53. The Morgan fingerprint density at radius 1 is 1.47 bits per heavy atom. The molecule has 0 aliphatic heterocycles. The van der Waals surface area contributed by atoms with Crippen LogP contribution in [0.4, 0.5) is 10.1 Å². The molecular formula is C12H12Cl2FNO. The fourth-order valence-electron chi connectivity index (χ4n) is 1.64. The Balaban J connectivity index is 2.17. The first-order chi connectivity index (χ1) is 7.76. The number of nitrogens with one attached hydrogen (secondary N) is 1. The molecule has 0 heterocycles. The molecule has 0 bridgehead atoms. The number of aryl methyl sites for hydroxylation is 1. The zero-order valence-corrected chi connectivity index (χ0v) is 11.0. The van der Waals surface area contributed by atoms with Crippen LogP contribution in [0.15, 0.2) is 18.2 Å². The van der Waals surface area contributed by atoms with E-state index in [4.69, 9.17) is 23.2 Å². The van der Waals surface area contributed by atoms with Crippen molar-refractivity contribution >= 4 is 34.8 Å². The van der Waals surface area contributed by atoms with E-state index in [1.54, 1.807) is 19.1 Å².